The first-order valence-electron chi connectivity index (χ1n) is 7.88. The molecule has 0 unspecified atom stereocenters. The van der Waals surface area contributed by atoms with E-state index in [4.69, 9.17) is 9.47 Å². The highest BCUT2D eigenvalue weighted by Gasteiger charge is 2.75. The van der Waals surface area contributed by atoms with Crippen LogP contribution in [0, 0.1) is 11.3 Å². The molecule has 4 heteroatoms. The molecule has 0 spiro atoms. The molecular formula is C18H21NO3. The van der Waals surface area contributed by atoms with Gasteiger partial charge in [-0.2, -0.15) is 0 Å². The van der Waals surface area contributed by atoms with Crippen LogP contribution in [0.2, 0.25) is 0 Å². The number of amides is 1. The third kappa shape index (κ3) is 2.09. The van der Waals surface area contributed by atoms with Crippen LogP contribution in [0.25, 0.3) is 5.57 Å². The van der Waals surface area contributed by atoms with Gasteiger partial charge >= 0.3 is 0 Å². The summed E-state index contributed by atoms with van der Waals surface area (Å²) in [6.45, 7) is 1.54. The first-order chi connectivity index (χ1) is 10.7. The van der Waals surface area contributed by atoms with Crippen LogP contribution in [0.5, 0.6) is 11.5 Å². The van der Waals surface area contributed by atoms with E-state index in [-0.39, 0.29) is 5.41 Å². The summed E-state index contributed by atoms with van der Waals surface area (Å²) in [5.41, 5.74) is 2.48. The molecule has 0 aromatic heterocycles. The lowest BCUT2D eigenvalue weighted by atomic mass is 9.98. The van der Waals surface area contributed by atoms with Crippen LogP contribution in [-0.2, 0) is 4.79 Å². The molecule has 22 heavy (non-hydrogen) atoms. The second kappa shape index (κ2) is 4.77. The maximum Gasteiger partial charge on any atom is 0.229 e. The molecule has 1 aliphatic heterocycles. The van der Waals surface area contributed by atoms with Gasteiger partial charge in [0.25, 0.3) is 0 Å². The van der Waals surface area contributed by atoms with Crippen LogP contribution in [0.4, 0.5) is 0 Å². The number of nitrogens with zero attached hydrogens (tertiary/aromatic N) is 1. The van der Waals surface area contributed by atoms with Gasteiger partial charge in [-0.15, -0.1) is 0 Å². The molecule has 1 amide bonds. The second-order valence-corrected chi connectivity index (χ2v) is 6.59. The van der Waals surface area contributed by atoms with E-state index in [0.717, 1.165) is 49.4 Å². The van der Waals surface area contributed by atoms with Gasteiger partial charge in [-0.25, -0.2) is 0 Å². The van der Waals surface area contributed by atoms with Crippen molar-refractivity contribution >= 4 is 11.5 Å². The summed E-state index contributed by atoms with van der Waals surface area (Å²) in [4.78, 5) is 14.4. The van der Waals surface area contributed by atoms with Crippen molar-refractivity contribution in [3.05, 3.63) is 29.8 Å². The molecule has 2 fully saturated rings. The van der Waals surface area contributed by atoms with E-state index in [1.54, 1.807) is 14.2 Å². The summed E-state index contributed by atoms with van der Waals surface area (Å²) in [6.07, 6.45) is 5.33. The number of fused-ring (bicyclic) bond motifs is 1. The maximum absolute atomic E-state index is 12.4. The van der Waals surface area contributed by atoms with Gasteiger partial charge in [0.2, 0.25) is 5.91 Å². The van der Waals surface area contributed by atoms with Crippen molar-refractivity contribution in [3.8, 4) is 11.5 Å². The smallest absolute Gasteiger partial charge is 0.229 e. The van der Waals surface area contributed by atoms with Crippen molar-refractivity contribution in [1.29, 1.82) is 0 Å². The predicted molar refractivity (Wildman–Crippen MR) is 83.9 cm³/mol. The Morgan fingerprint density at radius 1 is 1.18 bits per heavy atom. The van der Waals surface area contributed by atoms with E-state index in [9.17, 15) is 4.79 Å². The van der Waals surface area contributed by atoms with Crippen LogP contribution < -0.4 is 9.47 Å². The number of ether oxygens (including phenoxy) is 2. The van der Waals surface area contributed by atoms with Crippen molar-refractivity contribution in [1.82, 2.24) is 4.90 Å². The first-order valence-corrected chi connectivity index (χ1v) is 7.88. The van der Waals surface area contributed by atoms with Crippen molar-refractivity contribution in [2.24, 2.45) is 11.3 Å². The number of hydrogen-bond donors (Lipinski definition) is 0. The van der Waals surface area contributed by atoms with Crippen LogP contribution in [-0.4, -0.2) is 38.1 Å². The summed E-state index contributed by atoms with van der Waals surface area (Å²) in [7, 11) is 3.32. The Bertz CT molecular complexity index is 636. The molecule has 4 nitrogen and oxygen atoms in total. The molecule has 0 N–H and O–H groups in total. The summed E-state index contributed by atoms with van der Waals surface area (Å²) in [5, 5.41) is 0. The van der Waals surface area contributed by atoms with E-state index < -0.39 is 0 Å². The molecule has 1 aromatic rings. The van der Waals surface area contributed by atoms with Gasteiger partial charge in [0.05, 0.1) is 19.6 Å². The van der Waals surface area contributed by atoms with Gasteiger partial charge in [0, 0.05) is 19.2 Å². The van der Waals surface area contributed by atoms with Crippen LogP contribution >= 0.6 is 0 Å². The molecule has 2 aliphatic carbocycles. The number of carbonyl (C=O) groups excluding carboxylic acids is 1. The highest BCUT2D eigenvalue weighted by atomic mass is 16.5. The van der Waals surface area contributed by atoms with Crippen LogP contribution in [0.15, 0.2) is 24.3 Å². The lowest BCUT2D eigenvalue weighted by Crippen LogP contribution is -2.37. The van der Waals surface area contributed by atoms with Gasteiger partial charge in [-0.1, -0.05) is 6.08 Å². The average molecular weight is 299 g/mol. The predicted octanol–water partition coefficient (Wildman–Crippen LogP) is 2.73. The van der Waals surface area contributed by atoms with Gasteiger partial charge in [0.15, 0.2) is 0 Å². The molecule has 1 aromatic carbocycles. The molecule has 3 aliphatic rings. The largest absolute Gasteiger partial charge is 0.497 e. The molecule has 1 heterocycles. The Kier molecular flexibility index (Phi) is 2.96. The van der Waals surface area contributed by atoms with E-state index in [2.05, 4.69) is 6.08 Å². The van der Waals surface area contributed by atoms with E-state index in [1.807, 2.05) is 23.1 Å². The molecule has 2 saturated carbocycles. The zero-order chi connectivity index (χ0) is 15.3. The Morgan fingerprint density at radius 2 is 1.82 bits per heavy atom. The molecule has 4 rings (SSSR count). The van der Waals surface area contributed by atoms with Gasteiger partial charge in [-0.05, 0) is 48.4 Å². The van der Waals surface area contributed by atoms with Gasteiger partial charge in [0.1, 0.15) is 11.5 Å². The van der Waals surface area contributed by atoms with Crippen molar-refractivity contribution < 1.29 is 14.3 Å². The zero-order valence-electron chi connectivity index (χ0n) is 13.1. The fourth-order valence-electron chi connectivity index (χ4n) is 3.47. The Hall–Kier alpha value is -1.97. The van der Waals surface area contributed by atoms with Crippen LogP contribution in [0.3, 0.4) is 0 Å². The molecule has 116 valence electrons. The van der Waals surface area contributed by atoms with Crippen molar-refractivity contribution in [3.63, 3.8) is 0 Å². The maximum atomic E-state index is 12.4. The molecule has 0 radical (unpaired) electrons. The summed E-state index contributed by atoms with van der Waals surface area (Å²) in [6, 6.07) is 5.94. The highest BCUT2D eigenvalue weighted by molar-refractivity contribution is 5.90. The topological polar surface area (TPSA) is 38.8 Å². The molecule has 0 atom stereocenters. The summed E-state index contributed by atoms with van der Waals surface area (Å²) < 4.78 is 10.7. The van der Waals surface area contributed by atoms with Crippen molar-refractivity contribution in [2.45, 2.75) is 19.3 Å². The van der Waals surface area contributed by atoms with Crippen molar-refractivity contribution in [2.75, 3.05) is 27.3 Å². The monoisotopic (exact) mass is 299 g/mol. The Labute approximate surface area is 130 Å². The number of methoxy groups -OCH3 is 2. The minimum atomic E-state index is 0.0878. The highest BCUT2D eigenvalue weighted by Crippen LogP contribution is 2.76. The number of benzene rings is 1. The standard InChI is InChI=1S/C18H21NO3/c1-21-15-7-13(8-16(9-15)22-2)12-3-5-19(6-4-12)17(20)18-10-14(18)11-18/h3,7-9,14H,4-6,10-11H2,1-2H3. The number of carbonyl (C=O) groups is 1. The molecular weight excluding hydrogens is 278 g/mol. The Morgan fingerprint density at radius 3 is 2.27 bits per heavy atom. The normalized spacial score (nSPS) is 28.5. The Balaban J connectivity index is 1.51. The fourth-order valence-corrected chi connectivity index (χ4v) is 3.47. The SMILES string of the molecule is COc1cc(OC)cc(C2=CCN(C(=O)C34CC3C4)CC2)c1. The van der Waals surface area contributed by atoms with E-state index in [0.29, 0.717) is 11.8 Å². The molecule has 0 bridgehead atoms. The lowest BCUT2D eigenvalue weighted by Gasteiger charge is -2.28. The first kappa shape index (κ1) is 13.7. The third-order valence-electron chi connectivity index (χ3n) is 5.33. The number of rotatable bonds is 4. The van der Waals surface area contributed by atoms with E-state index >= 15 is 0 Å². The van der Waals surface area contributed by atoms with E-state index in [1.165, 1.54) is 5.57 Å². The van der Waals surface area contributed by atoms with Gasteiger partial charge in [-0.3, -0.25) is 4.79 Å². The average Bonchev–Trinajstić information content (AvgIpc) is 3.44. The quantitative estimate of drug-likeness (QED) is 0.858. The second-order valence-electron chi connectivity index (χ2n) is 6.59. The van der Waals surface area contributed by atoms with Gasteiger partial charge < -0.3 is 14.4 Å². The summed E-state index contributed by atoms with van der Waals surface area (Å²) in [5.74, 6) is 2.70. The third-order valence-corrected chi connectivity index (χ3v) is 5.33. The summed E-state index contributed by atoms with van der Waals surface area (Å²) >= 11 is 0. The molecule has 0 saturated heterocycles. The fraction of sp³-hybridized carbons (Fsp3) is 0.500. The number of hydrogen-bond acceptors (Lipinski definition) is 3. The minimum Gasteiger partial charge on any atom is -0.497 e. The van der Waals surface area contributed by atoms with Crippen LogP contribution in [0.1, 0.15) is 24.8 Å². The zero-order valence-corrected chi connectivity index (χ0v) is 13.1. The lowest BCUT2D eigenvalue weighted by molar-refractivity contribution is -0.134. The minimum absolute atomic E-state index is 0.0878.